The Morgan fingerprint density at radius 3 is 2.78 bits per heavy atom. The van der Waals surface area contributed by atoms with E-state index in [-0.39, 0.29) is 24.8 Å². The zero-order valence-electron chi connectivity index (χ0n) is 13.0. The van der Waals surface area contributed by atoms with Crippen LogP contribution < -0.4 is 14.6 Å². The number of fused-ring (bicyclic) bond motifs is 1. The van der Waals surface area contributed by atoms with Crippen molar-refractivity contribution in [3.05, 3.63) is 53.9 Å². The normalized spacial score (nSPS) is 13.0. The van der Waals surface area contributed by atoms with E-state index in [0.717, 1.165) is 12.8 Å². The summed E-state index contributed by atoms with van der Waals surface area (Å²) in [7, 11) is 0. The van der Waals surface area contributed by atoms with Gasteiger partial charge in [-0.2, -0.15) is 4.57 Å². The second-order valence-electron chi connectivity index (χ2n) is 5.60. The van der Waals surface area contributed by atoms with Gasteiger partial charge < -0.3 is 10.1 Å². The maximum absolute atomic E-state index is 12.4. The summed E-state index contributed by atoms with van der Waals surface area (Å²) in [6.07, 6.45) is 5.99. The third-order valence-corrected chi connectivity index (χ3v) is 3.76. The summed E-state index contributed by atoms with van der Waals surface area (Å²) in [5.74, 6) is 0.376. The van der Waals surface area contributed by atoms with Gasteiger partial charge >= 0.3 is 0 Å². The van der Waals surface area contributed by atoms with E-state index in [1.54, 1.807) is 18.2 Å². The number of ketones is 1. The summed E-state index contributed by atoms with van der Waals surface area (Å²) >= 11 is 0. The molecular weight excluding hydrogens is 292 g/mol. The molecule has 0 radical (unpaired) electrons. The average molecular weight is 311 g/mol. The third-order valence-electron chi connectivity index (χ3n) is 3.76. The lowest BCUT2D eigenvalue weighted by Gasteiger charge is -2.18. The molecule has 0 saturated heterocycles. The molecule has 1 aliphatic rings. The molecule has 1 amide bonds. The minimum atomic E-state index is -0.206. The van der Waals surface area contributed by atoms with Crippen molar-refractivity contribution in [2.45, 2.75) is 26.3 Å². The van der Waals surface area contributed by atoms with E-state index < -0.39 is 0 Å². The topological polar surface area (TPSA) is 59.3 Å². The van der Waals surface area contributed by atoms with E-state index >= 15 is 0 Å². The Hall–Kier alpha value is -2.69. The van der Waals surface area contributed by atoms with E-state index in [1.807, 2.05) is 29.1 Å². The van der Waals surface area contributed by atoms with Gasteiger partial charge in [0, 0.05) is 17.7 Å². The summed E-state index contributed by atoms with van der Waals surface area (Å²) in [5, 5.41) is 2.72. The minimum Gasteiger partial charge on any atom is -0.482 e. The highest BCUT2D eigenvalue weighted by molar-refractivity contribution is 6.00. The number of anilines is 1. The van der Waals surface area contributed by atoms with Crippen LogP contribution in [0.15, 0.2) is 42.7 Å². The van der Waals surface area contributed by atoms with Crippen molar-refractivity contribution >= 4 is 17.4 Å². The lowest BCUT2D eigenvalue weighted by molar-refractivity contribution is -0.683. The van der Waals surface area contributed by atoms with Gasteiger partial charge in [-0.3, -0.25) is 9.59 Å². The van der Waals surface area contributed by atoms with Crippen molar-refractivity contribution in [2.75, 3.05) is 11.9 Å². The molecule has 1 N–H and O–H groups in total. The van der Waals surface area contributed by atoms with Gasteiger partial charge in [0.1, 0.15) is 5.75 Å². The third kappa shape index (κ3) is 3.56. The standard InChI is InChI=1S/C18H18N2O3/c1-2-3-13-6-8-20(9-7-13)11-16(21)14-4-5-17-15(10-14)19-18(22)12-23-17/h4-10H,2-3,11-12H2,1H3/p+1. The van der Waals surface area contributed by atoms with E-state index in [2.05, 4.69) is 12.2 Å². The number of benzene rings is 1. The molecule has 2 heterocycles. The van der Waals surface area contributed by atoms with Crippen LogP contribution in [0.5, 0.6) is 5.75 Å². The van der Waals surface area contributed by atoms with Crippen LogP contribution >= 0.6 is 0 Å². The number of rotatable bonds is 5. The van der Waals surface area contributed by atoms with Crippen LogP contribution in [-0.4, -0.2) is 18.3 Å². The molecule has 5 heteroatoms. The highest BCUT2D eigenvalue weighted by Gasteiger charge is 2.19. The number of hydrogen-bond acceptors (Lipinski definition) is 3. The number of aryl methyl sites for hydroxylation is 1. The number of nitrogens with zero attached hydrogens (tertiary/aromatic N) is 1. The summed E-state index contributed by atoms with van der Waals surface area (Å²) in [5.41, 5.74) is 2.37. The number of ether oxygens (including phenoxy) is 1. The Bertz CT molecular complexity index is 738. The number of hydrogen-bond donors (Lipinski definition) is 1. The molecular formula is C18H19N2O3+. The summed E-state index contributed by atoms with van der Waals surface area (Å²) in [4.78, 5) is 23.8. The number of amides is 1. The second-order valence-corrected chi connectivity index (χ2v) is 5.60. The molecule has 23 heavy (non-hydrogen) atoms. The molecule has 1 aromatic carbocycles. The average Bonchev–Trinajstić information content (AvgIpc) is 2.56. The first-order valence-electron chi connectivity index (χ1n) is 7.73. The van der Waals surface area contributed by atoms with E-state index in [9.17, 15) is 9.59 Å². The Kier molecular flexibility index (Phi) is 4.37. The largest absolute Gasteiger partial charge is 0.482 e. The summed E-state index contributed by atoms with van der Waals surface area (Å²) in [6.45, 7) is 2.42. The Labute approximate surface area is 134 Å². The molecule has 118 valence electrons. The van der Waals surface area contributed by atoms with Gasteiger partial charge in [-0.25, -0.2) is 0 Å². The van der Waals surface area contributed by atoms with Crippen molar-refractivity contribution in [2.24, 2.45) is 0 Å². The van der Waals surface area contributed by atoms with E-state index in [0.29, 0.717) is 17.0 Å². The van der Waals surface area contributed by atoms with E-state index in [1.165, 1.54) is 5.56 Å². The first-order valence-corrected chi connectivity index (χ1v) is 7.73. The highest BCUT2D eigenvalue weighted by atomic mass is 16.5. The number of carbonyl (C=O) groups is 2. The number of Topliss-reactive ketones (excluding diaryl/α,β-unsaturated/α-hetero) is 1. The molecule has 2 aromatic rings. The monoisotopic (exact) mass is 311 g/mol. The van der Waals surface area contributed by atoms with Crippen LogP contribution in [0, 0.1) is 0 Å². The van der Waals surface area contributed by atoms with Crippen LogP contribution in [0.3, 0.4) is 0 Å². The van der Waals surface area contributed by atoms with Gasteiger partial charge in [0.15, 0.2) is 19.0 Å². The van der Waals surface area contributed by atoms with Crippen molar-refractivity contribution in [1.29, 1.82) is 0 Å². The molecule has 0 aliphatic carbocycles. The zero-order chi connectivity index (χ0) is 16.2. The Balaban J connectivity index is 1.73. The predicted molar refractivity (Wildman–Crippen MR) is 85.5 cm³/mol. The molecule has 3 rings (SSSR count). The molecule has 0 unspecified atom stereocenters. The van der Waals surface area contributed by atoms with Gasteiger partial charge in [-0.15, -0.1) is 0 Å². The molecule has 5 nitrogen and oxygen atoms in total. The molecule has 0 atom stereocenters. The lowest BCUT2D eigenvalue weighted by atomic mass is 10.1. The molecule has 0 saturated carbocycles. The maximum atomic E-state index is 12.4. The van der Waals surface area contributed by atoms with Gasteiger partial charge in [0.05, 0.1) is 5.69 Å². The van der Waals surface area contributed by atoms with Crippen LogP contribution in [0.25, 0.3) is 0 Å². The van der Waals surface area contributed by atoms with Crippen molar-refractivity contribution in [3.8, 4) is 5.75 Å². The molecule has 1 aromatic heterocycles. The fourth-order valence-corrected chi connectivity index (χ4v) is 2.56. The van der Waals surface area contributed by atoms with Crippen LogP contribution in [0.4, 0.5) is 5.69 Å². The maximum Gasteiger partial charge on any atom is 0.262 e. The molecule has 0 fully saturated rings. The van der Waals surface area contributed by atoms with Gasteiger partial charge in [-0.1, -0.05) is 13.3 Å². The van der Waals surface area contributed by atoms with E-state index in [4.69, 9.17) is 4.74 Å². The first kappa shape index (κ1) is 15.2. The fraction of sp³-hybridized carbons (Fsp3) is 0.278. The summed E-state index contributed by atoms with van der Waals surface area (Å²) < 4.78 is 7.15. The zero-order valence-corrected chi connectivity index (χ0v) is 13.0. The van der Waals surface area contributed by atoms with Crippen LogP contribution in [0.2, 0.25) is 0 Å². The Morgan fingerprint density at radius 2 is 2.04 bits per heavy atom. The first-order chi connectivity index (χ1) is 11.2. The van der Waals surface area contributed by atoms with Crippen LogP contribution in [0.1, 0.15) is 29.3 Å². The number of aromatic nitrogens is 1. The number of nitrogens with one attached hydrogen (secondary N) is 1. The number of carbonyl (C=O) groups excluding carboxylic acids is 2. The van der Waals surface area contributed by atoms with Gasteiger partial charge in [0.2, 0.25) is 12.3 Å². The molecule has 0 bridgehead atoms. The highest BCUT2D eigenvalue weighted by Crippen LogP contribution is 2.28. The minimum absolute atomic E-state index is 0.0131. The quantitative estimate of drug-likeness (QED) is 0.680. The summed E-state index contributed by atoms with van der Waals surface area (Å²) in [6, 6.07) is 9.19. The van der Waals surface area contributed by atoms with Gasteiger partial charge in [0.25, 0.3) is 5.91 Å². The van der Waals surface area contributed by atoms with Gasteiger partial charge in [-0.05, 0) is 30.2 Å². The fourth-order valence-electron chi connectivity index (χ4n) is 2.56. The SMILES string of the molecule is CCCc1cc[n+](CC(=O)c2ccc3c(c2)NC(=O)CO3)cc1. The second kappa shape index (κ2) is 6.60. The Morgan fingerprint density at radius 1 is 1.26 bits per heavy atom. The number of pyridine rings is 1. The molecule has 1 aliphatic heterocycles. The van der Waals surface area contributed by atoms with Crippen molar-refractivity contribution in [3.63, 3.8) is 0 Å². The predicted octanol–water partition coefficient (Wildman–Crippen LogP) is 2.14. The van der Waals surface area contributed by atoms with Crippen molar-refractivity contribution in [1.82, 2.24) is 0 Å². The lowest BCUT2D eigenvalue weighted by Crippen LogP contribution is -2.37. The smallest absolute Gasteiger partial charge is 0.262 e. The molecule has 0 spiro atoms. The van der Waals surface area contributed by atoms with Crippen LogP contribution in [-0.2, 0) is 17.8 Å². The van der Waals surface area contributed by atoms with Crippen molar-refractivity contribution < 1.29 is 18.9 Å².